The summed E-state index contributed by atoms with van der Waals surface area (Å²) in [6, 6.07) is 13.6. The maximum Gasteiger partial charge on any atom is 0.251 e. The molecule has 1 aromatic carbocycles. The standard InChI is InChI=1S/C25H34N4O2/c1-28-14-4-5-20(18-28)17-27-25(30)21-7-9-23(10-8-21)31-24-11-15-29(16-12-24)19-22-6-2-3-13-26-22/h2-3,6-10,13,20,24H,4-5,11-12,14-19H2,1H3,(H,27,30). The number of pyridine rings is 1. The Labute approximate surface area is 185 Å². The number of nitrogens with zero attached hydrogens (tertiary/aromatic N) is 3. The van der Waals surface area contributed by atoms with Gasteiger partial charge in [0, 0.05) is 44.5 Å². The number of aromatic nitrogens is 1. The van der Waals surface area contributed by atoms with E-state index in [1.807, 2.05) is 42.6 Å². The summed E-state index contributed by atoms with van der Waals surface area (Å²) in [5, 5.41) is 3.10. The smallest absolute Gasteiger partial charge is 0.251 e. The summed E-state index contributed by atoms with van der Waals surface area (Å²) in [6.45, 7) is 5.89. The van der Waals surface area contributed by atoms with Gasteiger partial charge < -0.3 is 15.0 Å². The molecule has 0 aliphatic carbocycles. The maximum atomic E-state index is 12.5. The molecule has 6 nitrogen and oxygen atoms in total. The summed E-state index contributed by atoms with van der Waals surface area (Å²) in [7, 11) is 2.15. The predicted octanol–water partition coefficient (Wildman–Crippen LogP) is 3.20. The molecule has 0 radical (unpaired) electrons. The number of carbonyl (C=O) groups is 1. The van der Waals surface area contributed by atoms with Crippen molar-refractivity contribution >= 4 is 5.91 Å². The van der Waals surface area contributed by atoms with Crippen LogP contribution in [0.25, 0.3) is 0 Å². The van der Waals surface area contributed by atoms with E-state index in [0.29, 0.717) is 11.5 Å². The van der Waals surface area contributed by atoms with Crippen LogP contribution in [-0.2, 0) is 6.54 Å². The van der Waals surface area contributed by atoms with E-state index in [0.717, 1.165) is 63.6 Å². The molecule has 1 aromatic heterocycles. The van der Waals surface area contributed by atoms with Gasteiger partial charge >= 0.3 is 0 Å². The molecule has 4 rings (SSSR count). The molecule has 0 spiro atoms. The second-order valence-corrected chi connectivity index (χ2v) is 8.92. The first-order valence-electron chi connectivity index (χ1n) is 11.5. The number of hydrogen-bond donors (Lipinski definition) is 1. The number of piperidine rings is 2. The number of benzene rings is 1. The van der Waals surface area contributed by atoms with Gasteiger partial charge in [0.05, 0.1) is 5.69 Å². The number of likely N-dealkylation sites (tertiary alicyclic amines) is 2. The number of carbonyl (C=O) groups excluding carboxylic acids is 1. The molecule has 6 heteroatoms. The Kier molecular flexibility index (Phi) is 7.54. The Morgan fingerprint density at radius 3 is 2.61 bits per heavy atom. The van der Waals surface area contributed by atoms with Crippen LogP contribution in [0.15, 0.2) is 48.7 Å². The highest BCUT2D eigenvalue weighted by molar-refractivity contribution is 5.94. The molecular formula is C25H34N4O2. The van der Waals surface area contributed by atoms with Gasteiger partial charge in [0.15, 0.2) is 0 Å². The van der Waals surface area contributed by atoms with Crippen molar-refractivity contribution in [2.75, 3.05) is 39.8 Å². The Morgan fingerprint density at radius 1 is 1.10 bits per heavy atom. The fraction of sp³-hybridized carbons (Fsp3) is 0.520. The van der Waals surface area contributed by atoms with Crippen molar-refractivity contribution in [3.8, 4) is 5.75 Å². The van der Waals surface area contributed by atoms with Crippen molar-refractivity contribution in [1.82, 2.24) is 20.1 Å². The first-order chi connectivity index (χ1) is 15.2. The first-order valence-corrected chi connectivity index (χ1v) is 11.5. The van der Waals surface area contributed by atoms with Crippen LogP contribution in [0.2, 0.25) is 0 Å². The average molecular weight is 423 g/mol. The summed E-state index contributed by atoms with van der Waals surface area (Å²) in [6.07, 6.45) is 6.49. The molecule has 3 heterocycles. The van der Waals surface area contributed by atoms with Gasteiger partial charge in [-0.3, -0.25) is 14.7 Å². The Hall–Kier alpha value is -2.44. The van der Waals surface area contributed by atoms with E-state index < -0.39 is 0 Å². The summed E-state index contributed by atoms with van der Waals surface area (Å²) in [5.74, 6) is 1.39. The van der Waals surface area contributed by atoms with Gasteiger partial charge in [-0.15, -0.1) is 0 Å². The molecular weight excluding hydrogens is 388 g/mol. The zero-order valence-electron chi connectivity index (χ0n) is 18.5. The minimum absolute atomic E-state index is 0.00241. The van der Waals surface area contributed by atoms with Crippen LogP contribution < -0.4 is 10.1 Å². The monoisotopic (exact) mass is 422 g/mol. The van der Waals surface area contributed by atoms with Gasteiger partial charge in [-0.2, -0.15) is 0 Å². The van der Waals surface area contributed by atoms with Crippen molar-refractivity contribution in [3.05, 3.63) is 59.9 Å². The number of hydrogen-bond acceptors (Lipinski definition) is 5. The van der Waals surface area contributed by atoms with E-state index in [2.05, 4.69) is 33.2 Å². The molecule has 1 unspecified atom stereocenters. The molecule has 2 fully saturated rings. The highest BCUT2D eigenvalue weighted by Gasteiger charge is 2.21. The lowest BCUT2D eigenvalue weighted by molar-refractivity contribution is 0.0934. The van der Waals surface area contributed by atoms with Crippen molar-refractivity contribution in [1.29, 1.82) is 0 Å². The van der Waals surface area contributed by atoms with Gasteiger partial charge in [0.2, 0.25) is 0 Å². The summed E-state index contributed by atoms with van der Waals surface area (Å²) in [4.78, 5) is 21.7. The van der Waals surface area contributed by atoms with Crippen LogP contribution in [0, 0.1) is 5.92 Å². The highest BCUT2D eigenvalue weighted by Crippen LogP contribution is 2.21. The van der Waals surface area contributed by atoms with Crippen LogP contribution in [-0.4, -0.2) is 66.6 Å². The van der Waals surface area contributed by atoms with Crippen LogP contribution in [0.3, 0.4) is 0 Å². The third kappa shape index (κ3) is 6.52. The SMILES string of the molecule is CN1CCCC(CNC(=O)c2ccc(OC3CCN(Cc4ccccn4)CC3)cc2)C1. The van der Waals surface area contributed by atoms with E-state index in [-0.39, 0.29) is 12.0 Å². The molecule has 2 saturated heterocycles. The number of nitrogens with one attached hydrogen (secondary N) is 1. The van der Waals surface area contributed by atoms with Gasteiger partial charge in [0.25, 0.3) is 5.91 Å². The Bertz CT molecular complexity index is 819. The molecule has 1 amide bonds. The topological polar surface area (TPSA) is 57.7 Å². The molecule has 166 valence electrons. The van der Waals surface area contributed by atoms with Gasteiger partial charge in [-0.05, 0) is 81.6 Å². The fourth-order valence-electron chi connectivity index (χ4n) is 4.56. The summed E-state index contributed by atoms with van der Waals surface area (Å²) >= 11 is 0. The molecule has 0 bridgehead atoms. The lowest BCUT2D eigenvalue weighted by atomic mass is 9.98. The minimum Gasteiger partial charge on any atom is -0.490 e. The van der Waals surface area contributed by atoms with E-state index in [9.17, 15) is 4.79 Å². The van der Waals surface area contributed by atoms with Crippen molar-refractivity contribution in [2.24, 2.45) is 5.92 Å². The second kappa shape index (κ2) is 10.7. The minimum atomic E-state index is 0.00241. The van der Waals surface area contributed by atoms with Gasteiger partial charge in [-0.1, -0.05) is 6.07 Å². The lowest BCUT2D eigenvalue weighted by Gasteiger charge is -2.31. The highest BCUT2D eigenvalue weighted by atomic mass is 16.5. The zero-order chi connectivity index (χ0) is 21.5. The van der Waals surface area contributed by atoms with E-state index >= 15 is 0 Å². The lowest BCUT2D eigenvalue weighted by Crippen LogP contribution is -2.39. The van der Waals surface area contributed by atoms with Crippen molar-refractivity contribution < 1.29 is 9.53 Å². The number of amides is 1. The Balaban J connectivity index is 1.19. The van der Waals surface area contributed by atoms with Crippen LogP contribution in [0.1, 0.15) is 41.7 Å². The number of rotatable bonds is 7. The molecule has 1 atom stereocenters. The van der Waals surface area contributed by atoms with Crippen LogP contribution >= 0.6 is 0 Å². The summed E-state index contributed by atoms with van der Waals surface area (Å²) in [5.41, 5.74) is 1.81. The fourth-order valence-corrected chi connectivity index (χ4v) is 4.56. The largest absolute Gasteiger partial charge is 0.490 e. The van der Waals surface area contributed by atoms with E-state index in [1.165, 1.54) is 12.8 Å². The van der Waals surface area contributed by atoms with Gasteiger partial charge in [-0.25, -0.2) is 0 Å². The Morgan fingerprint density at radius 2 is 1.90 bits per heavy atom. The third-order valence-corrected chi connectivity index (χ3v) is 6.34. The summed E-state index contributed by atoms with van der Waals surface area (Å²) < 4.78 is 6.18. The maximum absolute atomic E-state index is 12.5. The zero-order valence-corrected chi connectivity index (χ0v) is 18.5. The quantitative estimate of drug-likeness (QED) is 0.743. The normalized spacial score (nSPS) is 21.0. The molecule has 2 aromatic rings. The molecule has 31 heavy (non-hydrogen) atoms. The molecule has 2 aliphatic heterocycles. The number of ether oxygens (including phenoxy) is 1. The average Bonchev–Trinajstić information content (AvgIpc) is 2.80. The molecule has 1 N–H and O–H groups in total. The van der Waals surface area contributed by atoms with E-state index in [1.54, 1.807) is 0 Å². The van der Waals surface area contributed by atoms with Crippen molar-refractivity contribution in [3.63, 3.8) is 0 Å². The van der Waals surface area contributed by atoms with Crippen molar-refractivity contribution in [2.45, 2.75) is 38.3 Å². The van der Waals surface area contributed by atoms with E-state index in [4.69, 9.17) is 4.74 Å². The molecule has 0 saturated carbocycles. The van der Waals surface area contributed by atoms with Gasteiger partial charge in [0.1, 0.15) is 11.9 Å². The first kappa shape index (κ1) is 21.8. The molecule has 2 aliphatic rings. The van der Waals surface area contributed by atoms with Crippen LogP contribution in [0.4, 0.5) is 0 Å². The third-order valence-electron chi connectivity index (χ3n) is 6.34. The van der Waals surface area contributed by atoms with Crippen LogP contribution in [0.5, 0.6) is 5.75 Å². The second-order valence-electron chi connectivity index (χ2n) is 8.92. The predicted molar refractivity (Wildman–Crippen MR) is 122 cm³/mol.